The SMILES string of the molecule is Cc1cc2cc(CCc3c(C)cccc3Cl)cnc2[nH]1.O=C=O. The van der Waals surface area contributed by atoms with Crippen LogP contribution in [-0.2, 0) is 22.4 Å². The number of fused-ring (bicyclic) bond motifs is 1. The van der Waals surface area contributed by atoms with Crippen molar-refractivity contribution < 1.29 is 9.59 Å². The molecule has 3 aromatic rings. The maximum atomic E-state index is 8.12. The number of aryl methyl sites for hydroxylation is 3. The van der Waals surface area contributed by atoms with Crippen molar-refractivity contribution in [2.75, 3.05) is 0 Å². The molecule has 0 radical (unpaired) electrons. The van der Waals surface area contributed by atoms with Gasteiger partial charge in [-0.15, -0.1) is 0 Å². The predicted molar refractivity (Wildman–Crippen MR) is 89.4 cm³/mol. The first-order valence-corrected chi connectivity index (χ1v) is 7.60. The first kappa shape index (κ1) is 16.9. The molecule has 2 heterocycles. The van der Waals surface area contributed by atoms with Crippen molar-refractivity contribution in [1.29, 1.82) is 0 Å². The van der Waals surface area contributed by atoms with E-state index in [0.717, 1.165) is 29.2 Å². The smallest absolute Gasteiger partial charge is 0.344 e. The molecule has 5 heteroatoms. The van der Waals surface area contributed by atoms with Gasteiger partial charge in [0.25, 0.3) is 0 Å². The molecule has 0 atom stereocenters. The molecule has 0 aliphatic heterocycles. The summed E-state index contributed by atoms with van der Waals surface area (Å²) in [6.45, 7) is 4.16. The Morgan fingerprint density at radius 1 is 1.17 bits per heavy atom. The fraction of sp³-hybridized carbons (Fsp3) is 0.222. The molecular weight excluding hydrogens is 312 g/mol. The normalized spacial score (nSPS) is 10.0. The van der Waals surface area contributed by atoms with Gasteiger partial charge < -0.3 is 4.98 Å². The molecule has 0 fully saturated rings. The third kappa shape index (κ3) is 4.28. The molecule has 4 nitrogen and oxygen atoms in total. The van der Waals surface area contributed by atoms with Gasteiger partial charge in [-0.3, -0.25) is 0 Å². The molecular formula is C18H17ClN2O2. The number of aromatic nitrogens is 2. The molecule has 0 saturated carbocycles. The number of hydrogen-bond acceptors (Lipinski definition) is 3. The fourth-order valence-electron chi connectivity index (χ4n) is 2.59. The first-order chi connectivity index (χ1) is 11.0. The monoisotopic (exact) mass is 328 g/mol. The van der Waals surface area contributed by atoms with Crippen LogP contribution in [0, 0.1) is 13.8 Å². The molecule has 0 saturated heterocycles. The first-order valence-electron chi connectivity index (χ1n) is 7.22. The predicted octanol–water partition coefficient (Wildman–Crippen LogP) is 4.03. The summed E-state index contributed by atoms with van der Waals surface area (Å²) in [5, 5.41) is 2.03. The molecule has 0 aliphatic rings. The van der Waals surface area contributed by atoms with Crippen LogP contribution in [0.25, 0.3) is 11.0 Å². The van der Waals surface area contributed by atoms with Crippen molar-refractivity contribution >= 4 is 28.8 Å². The Labute approximate surface area is 139 Å². The molecule has 0 bridgehead atoms. The van der Waals surface area contributed by atoms with Crippen LogP contribution < -0.4 is 0 Å². The van der Waals surface area contributed by atoms with E-state index in [2.05, 4.69) is 42.0 Å². The third-order valence-corrected chi connectivity index (χ3v) is 4.03. The Kier molecular flexibility index (Phi) is 5.69. The van der Waals surface area contributed by atoms with E-state index < -0.39 is 0 Å². The number of hydrogen-bond donors (Lipinski definition) is 1. The van der Waals surface area contributed by atoms with Gasteiger partial charge in [0.1, 0.15) is 5.65 Å². The van der Waals surface area contributed by atoms with Gasteiger partial charge in [-0.05, 0) is 61.6 Å². The second-order valence-electron chi connectivity index (χ2n) is 5.35. The van der Waals surface area contributed by atoms with Crippen molar-refractivity contribution in [2.45, 2.75) is 26.7 Å². The lowest BCUT2D eigenvalue weighted by Gasteiger charge is -2.08. The largest absolute Gasteiger partial charge is 0.373 e. The fourth-order valence-corrected chi connectivity index (χ4v) is 2.90. The van der Waals surface area contributed by atoms with Crippen LogP contribution >= 0.6 is 11.6 Å². The quantitative estimate of drug-likeness (QED) is 0.789. The van der Waals surface area contributed by atoms with Crippen molar-refractivity contribution in [3.05, 3.63) is 63.9 Å². The number of nitrogens with zero attached hydrogens (tertiary/aromatic N) is 1. The van der Waals surface area contributed by atoms with Gasteiger partial charge >= 0.3 is 6.15 Å². The van der Waals surface area contributed by atoms with E-state index in [4.69, 9.17) is 21.2 Å². The molecule has 0 spiro atoms. The van der Waals surface area contributed by atoms with E-state index in [0.29, 0.717) is 0 Å². The van der Waals surface area contributed by atoms with E-state index >= 15 is 0 Å². The average molecular weight is 329 g/mol. The summed E-state index contributed by atoms with van der Waals surface area (Å²) in [6.07, 6.45) is 4.10. The Balaban J connectivity index is 0.000000595. The van der Waals surface area contributed by atoms with Crippen molar-refractivity contribution in [2.24, 2.45) is 0 Å². The highest BCUT2D eigenvalue weighted by Crippen LogP contribution is 2.22. The number of pyridine rings is 1. The van der Waals surface area contributed by atoms with Crippen molar-refractivity contribution in [3.8, 4) is 0 Å². The molecule has 3 rings (SSSR count). The summed E-state index contributed by atoms with van der Waals surface area (Å²) in [6, 6.07) is 10.4. The lowest BCUT2D eigenvalue weighted by molar-refractivity contribution is -0.191. The minimum atomic E-state index is 0.250. The number of H-pyrrole nitrogens is 1. The van der Waals surface area contributed by atoms with E-state index in [-0.39, 0.29) is 6.15 Å². The number of aromatic amines is 1. The lowest BCUT2D eigenvalue weighted by Crippen LogP contribution is -1.96. The second-order valence-corrected chi connectivity index (χ2v) is 5.76. The summed E-state index contributed by atoms with van der Waals surface area (Å²) < 4.78 is 0. The number of benzene rings is 1. The summed E-state index contributed by atoms with van der Waals surface area (Å²) in [5.74, 6) is 0. The highest BCUT2D eigenvalue weighted by molar-refractivity contribution is 6.31. The molecule has 23 heavy (non-hydrogen) atoms. The molecule has 118 valence electrons. The molecule has 0 unspecified atom stereocenters. The summed E-state index contributed by atoms with van der Waals surface area (Å²) in [7, 11) is 0. The summed E-state index contributed by atoms with van der Waals surface area (Å²) in [5.41, 5.74) is 5.84. The lowest BCUT2D eigenvalue weighted by atomic mass is 10.0. The van der Waals surface area contributed by atoms with Crippen LogP contribution in [0.4, 0.5) is 0 Å². The van der Waals surface area contributed by atoms with Crippen LogP contribution in [0.1, 0.15) is 22.4 Å². The highest BCUT2D eigenvalue weighted by atomic mass is 35.5. The van der Waals surface area contributed by atoms with E-state index in [9.17, 15) is 0 Å². The summed E-state index contributed by atoms with van der Waals surface area (Å²) in [4.78, 5) is 24.0. The third-order valence-electron chi connectivity index (χ3n) is 3.68. The number of nitrogens with one attached hydrogen (secondary N) is 1. The summed E-state index contributed by atoms with van der Waals surface area (Å²) >= 11 is 6.27. The zero-order valence-corrected chi connectivity index (χ0v) is 13.8. The number of rotatable bonds is 3. The zero-order valence-electron chi connectivity index (χ0n) is 13.0. The Morgan fingerprint density at radius 2 is 1.91 bits per heavy atom. The molecule has 0 amide bonds. The maximum Gasteiger partial charge on any atom is 0.373 e. The van der Waals surface area contributed by atoms with E-state index in [1.165, 1.54) is 22.1 Å². The zero-order chi connectivity index (χ0) is 16.8. The van der Waals surface area contributed by atoms with Crippen LogP contribution in [-0.4, -0.2) is 16.1 Å². The number of carbonyl (C=O) groups excluding carboxylic acids is 2. The molecule has 1 N–H and O–H groups in total. The van der Waals surface area contributed by atoms with Gasteiger partial charge in [0.2, 0.25) is 0 Å². The van der Waals surface area contributed by atoms with Crippen LogP contribution in [0.5, 0.6) is 0 Å². The van der Waals surface area contributed by atoms with Crippen molar-refractivity contribution in [1.82, 2.24) is 9.97 Å². The second kappa shape index (κ2) is 7.73. The van der Waals surface area contributed by atoms with Gasteiger partial charge in [-0.25, -0.2) is 4.98 Å². The van der Waals surface area contributed by atoms with Crippen molar-refractivity contribution in [3.63, 3.8) is 0 Å². The minimum absolute atomic E-state index is 0.250. The molecule has 0 aliphatic carbocycles. The molecule has 1 aromatic carbocycles. The van der Waals surface area contributed by atoms with Crippen LogP contribution in [0.15, 0.2) is 36.5 Å². The topological polar surface area (TPSA) is 62.8 Å². The van der Waals surface area contributed by atoms with Gasteiger partial charge in [0.15, 0.2) is 0 Å². The highest BCUT2D eigenvalue weighted by Gasteiger charge is 2.06. The molecule has 2 aromatic heterocycles. The average Bonchev–Trinajstić information content (AvgIpc) is 2.87. The standard InChI is InChI=1S/C17H17ClN2.CO2/c1-11-4-3-5-16(18)15(11)7-6-13-9-14-8-12(2)20-17(14)19-10-13;2-1-3/h3-5,8-10H,6-7H2,1-2H3,(H,19,20);. The van der Waals surface area contributed by atoms with Gasteiger partial charge in [0, 0.05) is 22.3 Å². The van der Waals surface area contributed by atoms with Gasteiger partial charge in [-0.2, -0.15) is 9.59 Å². The number of halogens is 1. The van der Waals surface area contributed by atoms with E-state index in [1.807, 2.05) is 18.3 Å². The van der Waals surface area contributed by atoms with Gasteiger partial charge in [-0.1, -0.05) is 23.7 Å². The minimum Gasteiger partial charge on any atom is -0.344 e. The maximum absolute atomic E-state index is 8.12. The van der Waals surface area contributed by atoms with Crippen LogP contribution in [0.3, 0.4) is 0 Å². The Hall–Kier alpha value is -2.42. The van der Waals surface area contributed by atoms with Gasteiger partial charge in [0.05, 0.1) is 0 Å². The van der Waals surface area contributed by atoms with E-state index in [1.54, 1.807) is 0 Å². The Bertz CT molecular complexity index is 829. The Morgan fingerprint density at radius 3 is 2.61 bits per heavy atom. The van der Waals surface area contributed by atoms with Crippen LogP contribution in [0.2, 0.25) is 5.02 Å².